The summed E-state index contributed by atoms with van der Waals surface area (Å²) in [5.41, 5.74) is 7.30. The normalized spacial score (nSPS) is 16.0. The predicted molar refractivity (Wildman–Crippen MR) is 129 cm³/mol. The summed E-state index contributed by atoms with van der Waals surface area (Å²) in [4.78, 5) is 31.0. The Morgan fingerprint density at radius 3 is 2.41 bits per heavy atom. The van der Waals surface area contributed by atoms with Crippen LogP contribution in [0.25, 0.3) is 6.08 Å². The lowest BCUT2D eigenvalue weighted by molar-refractivity contribution is -0.120. The number of halogens is 1. The molecule has 160 valence electrons. The van der Waals surface area contributed by atoms with Gasteiger partial charge in [-0.05, 0) is 59.8 Å². The summed E-state index contributed by atoms with van der Waals surface area (Å²) in [5.74, 6) is -0.428. The van der Waals surface area contributed by atoms with Crippen molar-refractivity contribution in [1.29, 1.82) is 0 Å². The number of hydrogen-bond donors (Lipinski definition) is 1. The third-order valence-electron chi connectivity index (χ3n) is 4.43. The van der Waals surface area contributed by atoms with Crippen LogP contribution >= 0.6 is 23.4 Å². The molecule has 1 fully saturated rings. The minimum atomic E-state index is -0.591. The number of rotatable bonds is 6. The molecule has 0 spiro atoms. The van der Waals surface area contributed by atoms with Gasteiger partial charge in [-0.25, -0.2) is 4.99 Å². The number of carbonyl (C=O) groups excluding carboxylic acids is 2. The molecule has 1 aliphatic heterocycles. The number of nitrogens with two attached hydrogens (primary N) is 1. The number of amidine groups is 1. The lowest BCUT2D eigenvalue weighted by Crippen LogP contribution is -2.28. The Balaban J connectivity index is 1.67. The number of primary amides is 1. The van der Waals surface area contributed by atoms with Crippen LogP contribution in [0.5, 0.6) is 5.75 Å². The second-order valence-corrected chi connectivity index (χ2v) is 8.18. The zero-order valence-electron chi connectivity index (χ0n) is 16.8. The quantitative estimate of drug-likeness (QED) is 0.520. The summed E-state index contributed by atoms with van der Waals surface area (Å²) in [6, 6.07) is 23.9. The van der Waals surface area contributed by atoms with Crippen LogP contribution in [0.2, 0.25) is 5.02 Å². The Kier molecular flexibility index (Phi) is 6.58. The third-order valence-corrected chi connectivity index (χ3v) is 5.69. The maximum Gasteiger partial charge on any atom is 0.271 e. The highest BCUT2D eigenvalue weighted by molar-refractivity contribution is 8.19. The van der Waals surface area contributed by atoms with Crippen LogP contribution in [0.1, 0.15) is 5.56 Å². The first-order valence-electron chi connectivity index (χ1n) is 9.65. The molecule has 32 heavy (non-hydrogen) atoms. The molecule has 3 aromatic rings. The van der Waals surface area contributed by atoms with E-state index in [0.29, 0.717) is 26.4 Å². The molecule has 0 unspecified atom stereocenters. The second kappa shape index (κ2) is 9.72. The Bertz CT molecular complexity index is 1210. The first kappa shape index (κ1) is 21.7. The van der Waals surface area contributed by atoms with Crippen molar-refractivity contribution in [2.45, 2.75) is 0 Å². The van der Waals surface area contributed by atoms with Gasteiger partial charge in [-0.2, -0.15) is 0 Å². The number of nitrogens with zero attached hydrogens (tertiary/aromatic N) is 2. The number of aliphatic imine (C=N–C) groups is 1. The van der Waals surface area contributed by atoms with E-state index < -0.39 is 5.91 Å². The van der Waals surface area contributed by atoms with Crippen LogP contribution in [0.3, 0.4) is 0 Å². The van der Waals surface area contributed by atoms with Crippen LogP contribution in [0.4, 0.5) is 11.4 Å². The number of carbonyl (C=O) groups is 2. The minimum Gasteiger partial charge on any atom is -0.482 e. The molecule has 0 bridgehead atoms. The fourth-order valence-electron chi connectivity index (χ4n) is 2.99. The first-order chi connectivity index (χ1) is 15.5. The van der Waals surface area contributed by atoms with E-state index in [0.717, 1.165) is 11.4 Å². The van der Waals surface area contributed by atoms with Crippen molar-refractivity contribution in [2.75, 3.05) is 11.5 Å². The highest BCUT2D eigenvalue weighted by Crippen LogP contribution is 2.38. The van der Waals surface area contributed by atoms with Crippen molar-refractivity contribution in [1.82, 2.24) is 0 Å². The SMILES string of the molecule is NC(=O)COc1ccc(C=C2SC(=Nc3ccccc3)N(c3ccccc3)C2=O)cc1Cl. The van der Waals surface area contributed by atoms with Crippen molar-refractivity contribution >= 4 is 57.8 Å². The Morgan fingerprint density at radius 2 is 1.75 bits per heavy atom. The van der Waals surface area contributed by atoms with Crippen LogP contribution in [0, 0.1) is 0 Å². The van der Waals surface area contributed by atoms with E-state index in [1.807, 2.05) is 60.7 Å². The molecule has 1 saturated heterocycles. The zero-order valence-corrected chi connectivity index (χ0v) is 18.3. The Hall–Kier alpha value is -3.55. The van der Waals surface area contributed by atoms with Crippen LogP contribution in [-0.4, -0.2) is 23.6 Å². The Labute approximate surface area is 194 Å². The number of amides is 2. The van der Waals surface area contributed by atoms with Gasteiger partial charge in [-0.15, -0.1) is 0 Å². The molecule has 0 atom stereocenters. The van der Waals surface area contributed by atoms with E-state index in [1.165, 1.54) is 11.8 Å². The maximum atomic E-state index is 13.3. The molecule has 0 aromatic heterocycles. The molecule has 2 amide bonds. The lowest BCUT2D eigenvalue weighted by Gasteiger charge is -2.15. The molecule has 3 aromatic carbocycles. The van der Waals surface area contributed by atoms with Gasteiger partial charge < -0.3 is 10.5 Å². The zero-order chi connectivity index (χ0) is 22.5. The number of thioether (sulfide) groups is 1. The Morgan fingerprint density at radius 1 is 1.06 bits per heavy atom. The molecular weight excluding hydrogens is 446 g/mol. The summed E-state index contributed by atoms with van der Waals surface area (Å²) >= 11 is 7.55. The van der Waals surface area contributed by atoms with E-state index in [1.54, 1.807) is 29.2 Å². The van der Waals surface area contributed by atoms with E-state index in [9.17, 15) is 9.59 Å². The van der Waals surface area contributed by atoms with Crippen molar-refractivity contribution in [3.8, 4) is 5.75 Å². The summed E-state index contributed by atoms with van der Waals surface area (Å²) in [6.07, 6.45) is 1.75. The van der Waals surface area contributed by atoms with Crippen LogP contribution in [0.15, 0.2) is 88.8 Å². The summed E-state index contributed by atoms with van der Waals surface area (Å²) < 4.78 is 5.28. The van der Waals surface area contributed by atoms with Gasteiger partial charge in [0.25, 0.3) is 11.8 Å². The van der Waals surface area contributed by atoms with Crippen molar-refractivity contribution in [3.05, 3.63) is 94.4 Å². The highest BCUT2D eigenvalue weighted by Gasteiger charge is 2.34. The van der Waals surface area contributed by atoms with Crippen LogP contribution in [-0.2, 0) is 9.59 Å². The largest absolute Gasteiger partial charge is 0.482 e. The summed E-state index contributed by atoms with van der Waals surface area (Å²) in [5, 5.41) is 0.875. The average Bonchev–Trinajstić information content (AvgIpc) is 3.08. The summed E-state index contributed by atoms with van der Waals surface area (Å²) in [7, 11) is 0. The lowest BCUT2D eigenvalue weighted by atomic mass is 10.2. The third kappa shape index (κ3) is 5.01. The highest BCUT2D eigenvalue weighted by atomic mass is 35.5. The topological polar surface area (TPSA) is 85.0 Å². The number of benzene rings is 3. The van der Waals surface area contributed by atoms with Gasteiger partial charge in [-0.1, -0.05) is 54.1 Å². The molecular formula is C24H18ClN3O3S. The number of hydrogen-bond acceptors (Lipinski definition) is 5. The number of anilines is 1. The monoisotopic (exact) mass is 463 g/mol. The van der Waals surface area contributed by atoms with E-state index in [2.05, 4.69) is 4.99 Å². The number of para-hydroxylation sites is 2. The smallest absolute Gasteiger partial charge is 0.271 e. The molecule has 6 nitrogen and oxygen atoms in total. The van der Waals surface area contributed by atoms with Gasteiger partial charge in [0.05, 0.1) is 21.3 Å². The van der Waals surface area contributed by atoms with Crippen LogP contribution < -0.4 is 15.4 Å². The molecule has 0 saturated carbocycles. The second-order valence-electron chi connectivity index (χ2n) is 6.76. The molecule has 1 aliphatic rings. The number of ether oxygens (including phenoxy) is 1. The summed E-state index contributed by atoms with van der Waals surface area (Å²) in [6.45, 7) is -0.264. The van der Waals surface area contributed by atoms with E-state index in [-0.39, 0.29) is 12.5 Å². The van der Waals surface area contributed by atoms with Gasteiger partial charge in [0, 0.05) is 0 Å². The molecule has 1 heterocycles. The predicted octanol–water partition coefficient (Wildman–Crippen LogP) is 5.01. The molecule has 4 rings (SSSR count). The average molecular weight is 464 g/mol. The van der Waals surface area contributed by atoms with E-state index >= 15 is 0 Å². The molecule has 8 heteroatoms. The van der Waals surface area contributed by atoms with Gasteiger partial charge >= 0.3 is 0 Å². The fraction of sp³-hybridized carbons (Fsp3) is 0.0417. The van der Waals surface area contributed by atoms with Crippen molar-refractivity contribution in [3.63, 3.8) is 0 Å². The first-order valence-corrected chi connectivity index (χ1v) is 10.8. The van der Waals surface area contributed by atoms with E-state index in [4.69, 9.17) is 22.1 Å². The minimum absolute atomic E-state index is 0.180. The standard InChI is InChI=1S/C24H18ClN3O3S/c25-19-13-16(11-12-20(19)31-15-22(26)29)14-21-23(30)28(18-9-5-2-6-10-18)24(32-21)27-17-7-3-1-4-8-17/h1-14H,15H2,(H2,26,29). The van der Waals surface area contributed by atoms with Crippen molar-refractivity contribution < 1.29 is 14.3 Å². The fourth-order valence-corrected chi connectivity index (χ4v) is 4.24. The molecule has 0 aliphatic carbocycles. The molecule has 2 N–H and O–H groups in total. The van der Waals surface area contributed by atoms with Gasteiger partial charge in [0.2, 0.25) is 0 Å². The van der Waals surface area contributed by atoms with Gasteiger partial charge in [-0.3, -0.25) is 14.5 Å². The molecule has 0 radical (unpaired) electrons. The van der Waals surface area contributed by atoms with Gasteiger partial charge in [0.15, 0.2) is 11.8 Å². The maximum absolute atomic E-state index is 13.3. The van der Waals surface area contributed by atoms with Crippen molar-refractivity contribution in [2.24, 2.45) is 10.7 Å². The van der Waals surface area contributed by atoms with Gasteiger partial charge in [0.1, 0.15) is 5.75 Å².